The van der Waals surface area contributed by atoms with E-state index in [1.165, 1.54) is 12.1 Å². The number of hydrogen-bond donors (Lipinski definition) is 2. The van der Waals surface area contributed by atoms with Gasteiger partial charge < -0.3 is 9.88 Å². The lowest BCUT2D eigenvalue weighted by molar-refractivity contribution is 0.0951. The Bertz CT molecular complexity index is 961. The molecule has 3 aromatic rings. The van der Waals surface area contributed by atoms with E-state index < -0.39 is 10.0 Å². The third kappa shape index (κ3) is 4.14. The number of nitrogens with two attached hydrogens (primary N) is 1. The van der Waals surface area contributed by atoms with Gasteiger partial charge in [-0.1, -0.05) is 12.1 Å². The smallest absolute Gasteiger partial charge is 0.251 e. The number of amides is 1. The summed E-state index contributed by atoms with van der Waals surface area (Å²) >= 11 is 0. The van der Waals surface area contributed by atoms with Gasteiger partial charge in [-0.3, -0.25) is 4.79 Å². The number of rotatable bonds is 5. The number of nitrogens with one attached hydrogen (secondary N) is 1. The van der Waals surface area contributed by atoms with Gasteiger partial charge in [0.15, 0.2) is 0 Å². The molecule has 7 heteroatoms. The van der Waals surface area contributed by atoms with Crippen LogP contribution in [0.5, 0.6) is 0 Å². The summed E-state index contributed by atoms with van der Waals surface area (Å²) in [7, 11) is -3.71. The molecule has 0 saturated heterocycles. The highest BCUT2D eigenvalue weighted by Crippen LogP contribution is 2.11. The lowest BCUT2D eigenvalue weighted by atomic mass is 10.1. The first-order valence-corrected chi connectivity index (χ1v) is 9.11. The summed E-state index contributed by atoms with van der Waals surface area (Å²) < 4.78 is 24.4. The molecule has 3 N–H and O–H groups in total. The molecule has 0 radical (unpaired) electrons. The lowest BCUT2D eigenvalue weighted by Crippen LogP contribution is -2.22. The lowest BCUT2D eigenvalue weighted by Gasteiger charge is -2.08. The van der Waals surface area contributed by atoms with E-state index in [-0.39, 0.29) is 10.8 Å². The van der Waals surface area contributed by atoms with Gasteiger partial charge in [0.2, 0.25) is 10.0 Å². The first-order valence-electron chi connectivity index (χ1n) is 7.57. The van der Waals surface area contributed by atoms with Crippen molar-refractivity contribution in [2.45, 2.75) is 11.4 Å². The predicted molar refractivity (Wildman–Crippen MR) is 94.8 cm³/mol. The van der Waals surface area contributed by atoms with Gasteiger partial charge in [-0.15, -0.1) is 0 Å². The van der Waals surface area contributed by atoms with Crippen LogP contribution in [0.2, 0.25) is 0 Å². The second-order valence-corrected chi connectivity index (χ2v) is 7.07. The summed E-state index contributed by atoms with van der Waals surface area (Å²) in [4.78, 5) is 12.3. The summed E-state index contributed by atoms with van der Waals surface area (Å²) in [6.45, 7) is 0.295. The molecule has 6 nitrogen and oxygen atoms in total. The standard InChI is InChI=1S/C18H17N3O3S/c19-25(23,24)17-9-3-14(4-10-17)13-20-18(22)15-5-7-16(8-6-15)21-11-1-2-12-21/h1-12H,13H2,(H,20,22)(H2,19,23,24). The van der Waals surface area contributed by atoms with Gasteiger partial charge >= 0.3 is 0 Å². The van der Waals surface area contributed by atoms with Crippen molar-refractivity contribution in [2.75, 3.05) is 0 Å². The van der Waals surface area contributed by atoms with Crippen LogP contribution < -0.4 is 10.5 Å². The number of primary sulfonamides is 1. The average Bonchev–Trinajstić information content (AvgIpc) is 3.14. The average molecular weight is 355 g/mol. The summed E-state index contributed by atoms with van der Waals surface area (Å²) in [5.41, 5.74) is 2.31. The van der Waals surface area contributed by atoms with Crippen LogP contribution in [-0.2, 0) is 16.6 Å². The van der Waals surface area contributed by atoms with E-state index in [1.54, 1.807) is 24.3 Å². The molecule has 0 unspecified atom stereocenters. The molecule has 0 aliphatic rings. The first kappa shape index (κ1) is 16.9. The van der Waals surface area contributed by atoms with Crippen LogP contribution in [0, 0.1) is 0 Å². The maximum atomic E-state index is 12.2. The van der Waals surface area contributed by atoms with Gasteiger partial charge in [0.05, 0.1) is 4.90 Å². The summed E-state index contributed by atoms with van der Waals surface area (Å²) in [6.07, 6.45) is 3.86. The fourth-order valence-corrected chi connectivity index (χ4v) is 2.89. The van der Waals surface area contributed by atoms with E-state index in [9.17, 15) is 13.2 Å². The number of benzene rings is 2. The molecular weight excluding hydrogens is 338 g/mol. The van der Waals surface area contributed by atoms with Crippen LogP contribution in [0.4, 0.5) is 0 Å². The topological polar surface area (TPSA) is 94.2 Å². The molecule has 0 fully saturated rings. The van der Waals surface area contributed by atoms with Crippen LogP contribution in [0.25, 0.3) is 5.69 Å². The zero-order valence-corrected chi connectivity index (χ0v) is 14.1. The highest BCUT2D eigenvalue weighted by molar-refractivity contribution is 7.89. The number of sulfonamides is 1. The third-order valence-electron chi connectivity index (χ3n) is 3.74. The summed E-state index contributed by atoms with van der Waals surface area (Å²) in [5.74, 6) is -0.199. The van der Waals surface area contributed by atoms with Crippen LogP contribution in [0.15, 0.2) is 78.0 Å². The maximum absolute atomic E-state index is 12.2. The Hall–Kier alpha value is -2.90. The van der Waals surface area contributed by atoms with Crippen molar-refractivity contribution in [2.24, 2.45) is 5.14 Å². The summed E-state index contributed by atoms with van der Waals surface area (Å²) in [6, 6.07) is 17.2. The van der Waals surface area contributed by atoms with E-state index in [4.69, 9.17) is 5.14 Å². The van der Waals surface area contributed by atoms with Crippen LogP contribution in [-0.4, -0.2) is 18.9 Å². The molecule has 128 valence electrons. The van der Waals surface area contributed by atoms with E-state index >= 15 is 0 Å². The van der Waals surface area contributed by atoms with Crippen LogP contribution in [0.3, 0.4) is 0 Å². The molecule has 0 atom stereocenters. The molecule has 3 rings (SSSR count). The van der Waals surface area contributed by atoms with Gasteiger partial charge in [0.1, 0.15) is 0 Å². The third-order valence-corrected chi connectivity index (χ3v) is 4.67. The number of aromatic nitrogens is 1. The molecule has 1 heterocycles. The quantitative estimate of drug-likeness (QED) is 0.733. The molecule has 0 spiro atoms. The minimum Gasteiger partial charge on any atom is -0.348 e. The van der Waals surface area contributed by atoms with Crippen molar-refractivity contribution in [1.29, 1.82) is 0 Å². The number of carbonyl (C=O) groups excluding carboxylic acids is 1. The number of nitrogens with zero attached hydrogens (tertiary/aromatic N) is 1. The fourth-order valence-electron chi connectivity index (χ4n) is 2.37. The maximum Gasteiger partial charge on any atom is 0.251 e. The van der Waals surface area contributed by atoms with Gasteiger partial charge in [0.25, 0.3) is 5.91 Å². The SMILES string of the molecule is NS(=O)(=O)c1ccc(CNC(=O)c2ccc(-n3cccc3)cc2)cc1. The molecule has 0 bridgehead atoms. The largest absolute Gasteiger partial charge is 0.348 e. The molecule has 0 saturated carbocycles. The molecule has 2 aromatic carbocycles. The van der Waals surface area contributed by atoms with Gasteiger partial charge in [-0.25, -0.2) is 13.6 Å². The Balaban J connectivity index is 1.62. The van der Waals surface area contributed by atoms with E-state index in [1.807, 2.05) is 41.2 Å². The van der Waals surface area contributed by atoms with E-state index in [0.717, 1.165) is 11.3 Å². The monoisotopic (exact) mass is 355 g/mol. The van der Waals surface area contributed by atoms with Crippen molar-refractivity contribution in [3.8, 4) is 5.69 Å². The van der Waals surface area contributed by atoms with Crippen LogP contribution in [0.1, 0.15) is 15.9 Å². The predicted octanol–water partition coefficient (Wildman–Crippen LogP) is 2.05. The summed E-state index contributed by atoms with van der Waals surface area (Å²) in [5, 5.41) is 7.85. The zero-order chi connectivity index (χ0) is 17.9. The first-order chi connectivity index (χ1) is 11.9. The Morgan fingerprint density at radius 1 is 0.960 bits per heavy atom. The van der Waals surface area contributed by atoms with Gasteiger partial charge in [-0.2, -0.15) is 0 Å². The van der Waals surface area contributed by atoms with Crippen molar-refractivity contribution in [3.63, 3.8) is 0 Å². The molecule has 1 amide bonds. The minimum atomic E-state index is -3.71. The highest BCUT2D eigenvalue weighted by Gasteiger charge is 2.08. The van der Waals surface area contributed by atoms with Gasteiger partial charge in [0, 0.05) is 30.2 Å². The van der Waals surface area contributed by atoms with E-state index in [2.05, 4.69) is 5.32 Å². The normalized spacial score (nSPS) is 11.2. The van der Waals surface area contributed by atoms with Gasteiger partial charge in [-0.05, 0) is 54.1 Å². The fraction of sp³-hybridized carbons (Fsp3) is 0.0556. The van der Waals surface area contributed by atoms with Crippen molar-refractivity contribution < 1.29 is 13.2 Å². The highest BCUT2D eigenvalue weighted by atomic mass is 32.2. The molecule has 0 aliphatic heterocycles. The molecular formula is C18H17N3O3S. The minimum absolute atomic E-state index is 0.0446. The Kier molecular flexibility index (Phi) is 4.69. The Labute approximate surface area is 146 Å². The number of carbonyl (C=O) groups is 1. The Morgan fingerprint density at radius 3 is 2.12 bits per heavy atom. The molecule has 1 aromatic heterocycles. The second-order valence-electron chi connectivity index (χ2n) is 5.51. The molecule has 25 heavy (non-hydrogen) atoms. The Morgan fingerprint density at radius 2 is 1.56 bits per heavy atom. The van der Waals surface area contributed by atoms with Crippen LogP contribution >= 0.6 is 0 Å². The second kappa shape index (κ2) is 6.92. The van der Waals surface area contributed by atoms with Crippen molar-refractivity contribution >= 4 is 15.9 Å². The number of hydrogen-bond acceptors (Lipinski definition) is 3. The van der Waals surface area contributed by atoms with Crippen molar-refractivity contribution in [1.82, 2.24) is 9.88 Å². The van der Waals surface area contributed by atoms with E-state index in [0.29, 0.717) is 12.1 Å². The molecule has 0 aliphatic carbocycles. The zero-order valence-electron chi connectivity index (χ0n) is 13.3. The van der Waals surface area contributed by atoms with Crippen molar-refractivity contribution in [3.05, 3.63) is 84.2 Å².